The van der Waals surface area contributed by atoms with E-state index in [0.717, 1.165) is 25.7 Å². The number of aliphatic hydroxyl groups excluding tert-OH is 3. The Morgan fingerprint density at radius 3 is 2.09 bits per heavy atom. The lowest BCUT2D eigenvalue weighted by Gasteiger charge is -2.71. The molecule has 0 spiro atoms. The molecule has 0 aromatic heterocycles. The van der Waals surface area contributed by atoms with Crippen LogP contribution in [0.2, 0.25) is 0 Å². The van der Waals surface area contributed by atoms with Gasteiger partial charge in [-0.1, -0.05) is 46.8 Å². The van der Waals surface area contributed by atoms with Gasteiger partial charge in [-0.2, -0.15) is 0 Å². The maximum atomic E-state index is 11.8. The molecule has 4 rings (SSSR count). The van der Waals surface area contributed by atoms with Crippen molar-refractivity contribution in [2.24, 2.45) is 45.3 Å². The fourth-order valence-electron chi connectivity index (χ4n) is 10.4. The summed E-state index contributed by atoms with van der Waals surface area (Å²) in [4.78, 5) is 0. The van der Waals surface area contributed by atoms with Crippen LogP contribution in [0.4, 0.5) is 0 Å². The summed E-state index contributed by atoms with van der Waals surface area (Å²) in [6, 6.07) is 0. The Hall–Kier alpha value is -0.460. The van der Waals surface area contributed by atoms with Gasteiger partial charge in [0.2, 0.25) is 0 Å². The van der Waals surface area contributed by atoms with E-state index in [4.69, 9.17) is 0 Å². The van der Waals surface area contributed by atoms with Gasteiger partial charge in [0, 0.05) is 0 Å². The molecule has 0 aliphatic heterocycles. The Labute approximate surface area is 213 Å². The van der Waals surface area contributed by atoms with Gasteiger partial charge in [0.15, 0.2) is 0 Å². The molecule has 4 fully saturated rings. The van der Waals surface area contributed by atoms with Gasteiger partial charge < -0.3 is 25.5 Å². The van der Waals surface area contributed by atoms with Gasteiger partial charge >= 0.3 is 0 Å². The van der Waals surface area contributed by atoms with Gasteiger partial charge in [0.1, 0.15) is 0 Å². The molecule has 202 valence electrons. The molecule has 5 nitrogen and oxygen atoms in total. The fourth-order valence-corrected chi connectivity index (χ4v) is 10.4. The highest BCUT2D eigenvalue weighted by Crippen LogP contribution is 2.75. The minimum Gasteiger partial charge on any atom is -0.393 e. The van der Waals surface area contributed by atoms with E-state index in [1.807, 2.05) is 13.0 Å². The predicted octanol–water partition coefficient (Wildman–Crippen LogP) is 4.44. The second kappa shape index (κ2) is 8.27. The van der Waals surface area contributed by atoms with Crippen molar-refractivity contribution < 1.29 is 25.5 Å². The molecule has 0 bridgehead atoms. The summed E-state index contributed by atoms with van der Waals surface area (Å²) in [5.74, 6) is 0.171. The first kappa shape index (κ1) is 27.6. The van der Waals surface area contributed by atoms with E-state index < -0.39 is 29.5 Å². The summed E-state index contributed by atoms with van der Waals surface area (Å²) in [6.45, 7) is 16.5. The minimum absolute atomic E-state index is 0.00328. The second-order valence-electron chi connectivity index (χ2n) is 15.1. The highest BCUT2D eigenvalue weighted by Gasteiger charge is 2.72. The zero-order valence-corrected chi connectivity index (χ0v) is 23.4. The molecular formula is C30H52O5. The van der Waals surface area contributed by atoms with Crippen molar-refractivity contribution in [1.82, 2.24) is 0 Å². The lowest BCUT2D eigenvalue weighted by molar-refractivity contribution is -0.274. The van der Waals surface area contributed by atoms with Crippen molar-refractivity contribution in [2.45, 2.75) is 130 Å². The summed E-state index contributed by atoms with van der Waals surface area (Å²) in [5.41, 5.74) is -2.78. The predicted molar refractivity (Wildman–Crippen MR) is 138 cm³/mol. The Morgan fingerprint density at radius 1 is 0.857 bits per heavy atom. The van der Waals surface area contributed by atoms with Crippen LogP contribution in [0, 0.1) is 45.3 Å². The van der Waals surface area contributed by atoms with Gasteiger partial charge in [0.05, 0.1) is 29.5 Å². The average Bonchev–Trinajstić information content (AvgIpc) is 3.07. The first-order valence-electron chi connectivity index (χ1n) is 14.0. The first-order valence-corrected chi connectivity index (χ1v) is 14.0. The Kier molecular flexibility index (Phi) is 6.51. The van der Waals surface area contributed by atoms with E-state index in [9.17, 15) is 25.5 Å². The molecule has 5 N–H and O–H groups in total. The number of hydrogen-bond acceptors (Lipinski definition) is 5. The van der Waals surface area contributed by atoms with Crippen LogP contribution in [0.3, 0.4) is 0 Å². The lowest BCUT2D eigenvalue weighted by Crippen LogP contribution is -2.69. The zero-order chi connectivity index (χ0) is 26.4. The molecule has 0 amide bonds. The number of rotatable bonds is 4. The monoisotopic (exact) mass is 492 g/mol. The van der Waals surface area contributed by atoms with Gasteiger partial charge in [0.25, 0.3) is 0 Å². The molecule has 4 aliphatic carbocycles. The van der Waals surface area contributed by atoms with Gasteiger partial charge in [-0.05, 0) is 111 Å². The van der Waals surface area contributed by atoms with Crippen molar-refractivity contribution in [3.63, 3.8) is 0 Å². The summed E-state index contributed by atoms with van der Waals surface area (Å²) in [6.07, 6.45) is 7.40. The first-order chi connectivity index (χ1) is 15.8. The number of aliphatic hydroxyl groups is 5. The van der Waals surface area contributed by atoms with Crippen molar-refractivity contribution in [1.29, 1.82) is 0 Å². The van der Waals surface area contributed by atoms with Crippen LogP contribution in [-0.4, -0.2) is 55.0 Å². The van der Waals surface area contributed by atoms with Crippen LogP contribution in [0.25, 0.3) is 0 Å². The normalized spacial score (nSPS) is 51.4. The summed E-state index contributed by atoms with van der Waals surface area (Å²) >= 11 is 0. The van der Waals surface area contributed by atoms with E-state index in [1.54, 1.807) is 19.9 Å². The Balaban J connectivity index is 1.69. The third-order valence-electron chi connectivity index (χ3n) is 12.1. The molecule has 35 heavy (non-hydrogen) atoms. The fraction of sp³-hybridized carbons (Fsp3) is 0.933. The molecule has 11 unspecified atom stereocenters. The smallest absolute Gasteiger partial charge is 0.0771 e. The SMILES string of the molecule is CC(C)(O)C=CCC(C)(O)C1CCC2(C)C1C(O)CC1C3(C)CCC(O)C(C)(C)C3C(O)CC12C. The van der Waals surface area contributed by atoms with Gasteiger partial charge in [-0.25, -0.2) is 0 Å². The van der Waals surface area contributed by atoms with Crippen molar-refractivity contribution in [2.75, 3.05) is 0 Å². The third-order valence-corrected chi connectivity index (χ3v) is 12.1. The molecule has 5 heteroatoms. The highest BCUT2D eigenvalue weighted by atomic mass is 16.3. The summed E-state index contributed by atoms with van der Waals surface area (Å²) < 4.78 is 0. The molecule has 4 aliphatic rings. The van der Waals surface area contributed by atoms with Crippen LogP contribution in [0.5, 0.6) is 0 Å². The van der Waals surface area contributed by atoms with Crippen molar-refractivity contribution in [3.8, 4) is 0 Å². The van der Waals surface area contributed by atoms with Crippen LogP contribution < -0.4 is 0 Å². The number of hydrogen-bond donors (Lipinski definition) is 5. The van der Waals surface area contributed by atoms with Gasteiger partial charge in [-0.3, -0.25) is 0 Å². The largest absolute Gasteiger partial charge is 0.393 e. The van der Waals surface area contributed by atoms with Crippen LogP contribution in [-0.2, 0) is 0 Å². The van der Waals surface area contributed by atoms with Crippen LogP contribution in [0.15, 0.2) is 12.2 Å². The standard InChI is InChI=1S/C30H52O5/c1-25(2,34)12-9-13-30(8,35)18-10-15-28(6)23(18)19(31)16-21-27(5)14-11-22(33)26(3,4)24(27)20(32)17-29(21,28)7/h9,12,18-24,31-35H,10-11,13-17H2,1-8H3. The third kappa shape index (κ3) is 3.98. The quantitative estimate of drug-likeness (QED) is 0.374. The Morgan fingerprint density at radius 2 is 1.49 bits per heavy atom. The maximum Gasteiger partial charge on any atom is 0.0771 e. The molecule has 0 aromatic rings. The molecule has 0 heterocycles. The average molecular weight is 493 g/mol. The molecule has 0 saturated heterocycles. The van der Waals surface area contributed by atoms with E-state index in [2.05, 4.69) is 34.6 Å². The molecule has 11 atom stereocenters. The molecule has 0 aromatic carbocycles. The van der Waals surface area contributed by atoms with Crippen LogP contribution >= 0.6 is 0 Å². The van der Waals surface area contributed by atoms with E-state index >= 15 is 0 Å². The second-order valence-corrected chi connectivity index (χ2v) is 15.1. The van der Waals surface area contributed by atoms with Gasteiger partial charge in [-0.15, -0.1) is 0 Å². The van der Waals surface area contributed by atoms with Crippen molar-refractivity contribution >= 4 is 0 Å². The Bertz CT molecular complexity index is 842. The van der Waals surface area contributed by atoms with E-state index in [-0.39, 0.29) is 45.3 Å². The highest BCUT2D eigenvalue weighted by molar-refractivity contribution is 5.21. The minimum atomic E-state index is -0.981. The zero-order valence-electron chi connectivity index (χ0n) is 23.4. The van der Waals surface area contributed by atoms with E-state index in [0.29, 0.717) is 19.3 Å². The molecule has 0 radical (unpaired) electrons. The summed E-state index contributed by atoms with van der Waals surface area (Å²) in [5, 5.41) is 56.0. The molecular weight excluding hydrogens is 440 g/mol. The number of fused-ring (bicyclic) bond motifs is 5. The van der Waals surface area contributed by atoms with E-state index in [1.165, 1.54) is 0 Å². The lowest BCUT2D eigenvalue weighted by atomic mass is 9.34. The van der Waals surface area contributed by atoms with Crippen molar-refractivity contribution in [3.05, 3.63) is 12.2 Å². The molecule has 4 saturated carbocycles. The maximum absolute atomic E-state index is 11.8. The summed E-state index contributed by atoms with van der Waals surface area (Å²) in [7, 11) is 0. The van der Waals surface area contributed by atoms with Crippen LogP contribution in [0.1, 0.15) is 100 Å². The topological polar surface area (TPSA) is 101 Å².